The van der Waals surface area contributed by atoms with Gasteiger partial charge in [-0.3, -0.25) is 47.7 Å². The van der Waals surface area contributed by atoms with Gasteiger partial charge in [-0.2, -0.15) is 15.3 Å². The highest BCUT2D eigenvalue weighted by atomic mass is 32.1. The standard InChI is InChI=1S/C17H15N3O.C16H14N4O.2C14H15N3O.C14H14N2O2.C14H14N2OS.C13H13N3O2.C13H13N3OS/c18-17-7-2-1-5-13(17)11-16(21)9-8-14-12-15-6-3-4-10-20(15)19-14;17-13-5-1-2-6-14(13)19-16(21)9-8-12-11-18-15-7-3-4-10-20(12)15;1-17-10-11(9-16-17)6-7-13(18)8-12-4-2-3-5-14(12)15;1-17-9-8-12(16-17)6-7-13(18)10-11-4-2-3-5-14(11)15;1-10-16-12(9-18-10)6-7-13(17)8-11-4-2-3-5-14(11)15;1-10-16-9-13(18-10)7-6-12(17)8-11-4-2-3-5-14(11)15;1-9-8-10(18-16-9)6-7-13(17)15-12-5-3-2-4-11(12)14;1-9-15-10(8-18-9)6-7-13(17)16-12-5-3-2-4-11(12)14/h1-10,12H,11,18H2;1-11H,17H2,(H,19,21);2-7,9-10H,8,15H2,1H3;2-9H,10,15H2,1H3;2*2-7,9H,8,15H2,1H3;2-8H,14H2,1H3,(H,15,17);2-8H,14H2,1H3,(H,16,17)/b2*9-8+;6*7-6+. The van der Waals surface area contributed by atoms with Crippen LogP contribution in [0.3, 0.4) is 0 Å². The molecule has 3 amide bonds. The number of para-hydroxylation sites is 11. The summed E-state index contributed by atoms with van der Waals surface area (Å²) in [6.07, 6.45) is 41.3. The molecule has 0 aliphatic carbocycles. The molecule has 18 aromatic rings. The molecule has 0 saturated carbocycles. The number of ketones is 5. The number of amides is 3. The zero-order valence-corrected chi connectivity index (χ0v) is 84.7. The molecule has 0 spiro atoms. The molecule has 0 unspecified atom stereocenters. The van der Waals surface area contributed by atoms with E-state index in [9.17, 15) is 38.4 Å². The highest BCUT2D eigenvalue weighted by Crippen LogP contribution is 2.24. The largest absolute Gasteiger partial charge is 0.449 e. The van der Waals surface area contributed by atoms with Crippen molar-refractivity contribution in [1.82, 2.24) is 58.7 Å². The smallest absolute Gasteiger partial charge is 0.248 e. The number of hydrogen-bond acceptors (Lipinski definition) is 28. The fourth-order valence-electron chi connectivity index (χ4n) is 13.4. The molecule has 10 heterocycles. The number of thiazole rings is 2. The van der Waals surface area contributed by atoms with Crippen LogP contribution >= 0.6 is 22.7 Å². The van der Waals surface area contributed by atoms with Gasteiger partial charge in [0.2, 0.25) is 17.7 Å². The first-order valence-electron chi connectivity index (χ1n) is 46.6. The number of aromatic nitrogens is 12. The van der Waals surface area contributed by atoms with Crippen LogP contribution in [-0.4, -0.2) is 105 Å². The minimum Gasteiger partial charge on any atom is -0.449 e. The number of benzene rings is 8. The molecule has 0 aliphatic rings. The number of carbonyl (C=O) groups excluding carboxylic acids is 8. The fourth-order valence-corrected chi connectivity index (χ4v) is 14.7. The summed E-state index contributed by atoms with van der Waals surface area (Å²) in [5.74, 6) is 0.435. The van der Waals surface area contributed by atoms with E-state index in [0.29, 0.717) is 112 Å². The number of hydrogen-bond donors (Lipinski definition) is 11. The quantitative estimate of drug-likeness (QED) is 0.0153. The SMILES string of the molecule is Cc1cc(/C=C/C(=O)Nc2ccccc2N)on1.Cc1nc(/C=C/C(=O)Cc2ccccc2N)co1.Cc1nc(/C=C/C(=O)Nc2ccccc2N)cs1.Cc1ncc(/C=C/C(=O)Cc2ccccc2N)s1.Cn1cc(/C=C/C(=O)Cc2ccccc2N)cn1.Cn1ccc(/C=C/C(=O)Cc2ccccc2N)n1.Nc1ccccc1CC(=O)/C=C/c1cc2ccccn2n1.Nc1ccccc1NC(=O)/C=C/c1cnc2ccccn12. The number of imidazole rings is 1. The lowest BCUT2D eigenvalue weighted by Crippen LogP contribution is -2.09. The van der Waals surface area contributed by atoms with Crippen molar-refractivity contribution in [2.24, 2.45) is 14.1 Å². The lowest BCUT2D eigenvalue weighted by atomic mass is 10.1. The molecule has 33 nitrogen and oxygen atoms in total. The van der Waals surface area contributed by atoms with Gasteiger partial charge in [0.15, 0.2) is 40.6 Å². The number of nitrogens with two attached hydrogens (primary N) is 8. The Hall–Kier alpha value is -19.7. The van der Waals surface area contributed by atoms with Crippen LogP contribution in [0.5, 0.6) is 0 Å². The topological polar surface area (TPSA) is 529 Å². The van der Waals surface area contributed by atoms with Crippen LogP contribution in [0.1, 0.15) is 94.1 Å². The first kappa shape index (κ1) is 111. The Balaban J connectivity index is 0.000000163. The predicted octanol–water partition coefficient (Wildman–Crippen LogP) is 19.1. The number of carbonyl (C=O) groups is 8. The summed E-state index contributed by atoms with van der Waals surface area (Å²) in [6, 6.07) is 75.4. The van der Waals surface area contributed by atoms with Crippen molar-refractivity contribution in [3.05, 3.63) is 446 Å². The van der Waals surface area contributed by atoms with E-state index in [1.165, 1.54) is 36.6 Å². The van der Waals surface area contributed by atoms with E-state index < -0.39 is 0 Å². The highest BCUT2D eigenvalue weighted by molar-refractivity contribution is 7.12. The van der Waals surface area contributed by atoms with Crippen LogP contribution in [-0.2, 0) is 84.6 Å². The second-order valence-electron chi connectivity index (χ2n) is 33.0. The van der Waals surface area contributed by atoms with Gasteiger partial charge >= 0.3 is 0 Å². The van der Waals surface area contributed by atoms with Gasteiger partial charge < -0.3 is 75.2 Å². The second kappa shape index (κ2) is 57.6. The van der Waals surface area contributed by atoms with Crippen molar-refractivity contribution in [2.75, 3.05) is 61.8 Å². The number of aryl methyl sites for hydroxylation is 6. The maximum atomic E-state index is 12.0. The molecule has 0 radical (unpaired) electrons. The van der Waals surface area contributed by atoms with E-state index in [1.807, 2.05) is 233 Å². The second-order valence-corrected chi connectivity index (χ2v) is 35.3. The first-order chi connectivity index (χ1) is 72.3. The van der Waals surface area contributed by atoms with Crippen LogP contribution in [0.2, 0.25) is 0 Å². The zero-order valence-electron chi connectivity index (χ0n) is 83.0. The van der Waals surface area contributed by atoms with Crippen LogP contribution in [0.15, 0.2) is 361 Å². The lowest BCUT2D eigenvalue weighted by Gasteiger charge is -2.04. The number of oxazole rings is 1. The third kappa shape index (κ3) is 38.2. The molecular formula is C115H113N23O10S2. The third-order valence-corrected chi connectivity index (χ3v) is 22.7. The Morgan fingerprint density at radius 2 is 0.800 bits per heavy atom. The van der Waals surface area contributed by atoms with Gasteiger partial charge in [-0.05, 0) is 231 Å². The Morgan fingerprint density at radius 3 is 1.21 bits per heavy atom. The van der Waals surface area contributed by atoms with Gasteiger partial charge in [0.05, 0.1) is 90.5 Å². The number of nitrogens with one attached hydrogen (secondary N) is 3. The van der Waals surface area contributed by atoms with Crippen molar-refractivity contribution in [2.45, 2.75) is 59.8 Å². The Labute approximate surface area is 874 Å². The van der Waals surface area contributed by atoms with Crippen molar-refractivity contribution in [1.29, 1.82) is 0 Å². The Morgan fingerprint density at radius 1 is 0.373 bits per heavy atom. The minimum atomic E-state index is -0.276. The van der Waals surface area contributed by atoms with Crippen LogP contribution in [0, 0.1) is 27.7 Å². The summed E-state index contributed by atoms with van der Waals surface area (Å²) in [4.78, 5) is 112. The molecule has 0 aliphatic heterocycles. The average molecular weight is 2040 g/mol. The summed E-state index contributed by atoms with van der Waals surface area (Å²) in [5, 5.41) is 28.3. The van der Waals surface area contributed by atoms with E-state index in [4.69, 9.17) is 54.8 Å². The summed E-state index contributed by atoms with van der Waals surface area (Å²) in [7, 11) is 3.67. The number of nitrogen functional groups attached to an aromatic ring is 8. The minimum absolute atomic E-state index is 0.00459. The molecule has 150 heavy (non-hydrogen) atoms. The molecule has 0 fully saturated rings. The number of allylic oxidation sites excluding steroid dienone is 5. The Kier molecular flexibility index (Phi) is 42.5. The van der Waals surface area contributed by atoms with Crippen molar-refractivity contribution in [3.63, 3.8) is 0 Å². The normalized spacial score (nSPS) is 10.9. The van der Waals surface area contributed by atoms with E-state index >= 15 is 0 Å². The first-order valence-corrected chi connectivity index (χ1v) is 48.3. The maximum Gasteiger partial charge on any atom is 0.248 e. The van der Waals surface area contributed by atoms with Crippen LogP contribution < -0.4 is 61.8 Å². The van der Waals surface area contributed by atoms with Gasteiger partial charge in [0, 0.05) is 153 Å². The number of anilines is 11. The molecule has 0 atom stereocenters. The number of rotatable bonds is 29. The zero-order chi connectivity index (χ0) is 107. The van der Waals surface area contributed by atoms with Gasteiger partial charge in [0.25, 0.3) is 0 Å². The molecule has 0 bridgehead atoms. The molecule has 0 saturated heterocycles. The molecule has 35 heteroatoms. The average Bonchev–Trinajstić information content (AvgIpc) is 1.68. The van der Waals surface area contributed by atoms with E-state index in [1.54, 1.807) is 214 Å². The van der Waals surface area contributed by atoms with Gasteiger partial charge in [0.1, 0.15) is 17.6 Å². The summed E-state index contributed by atoms with van der Waals surface area (Å²) in [6.45, 7) is 7.43. The van der Waals surface area contributed by atoms with Gasteiger partial charge in [-0.25, -0.2) is 24.5 Å². The van der Waals surface area contributed by atoms with Crippen LogP contribution in [0.4, 0.5) is 62.6 Å². The van der Waals surface area contributed by atoms with E-state index in [-0.39, 0.29) is 46.6 Å². The monoisotopic (exact) mass is 2040 g/mol. The van der Waals surface area contributed by atoms with E-state index in [0.717, 1.165) is 87.9 Å². The summed E-state index contributed by atoms with van der Waals surface area (Å²) < 4.78 is 17.1. The van der Waals surface area contributed by atoms with Crippen molar-refractivity contribution >= 4 is 192 Å². The highest BCUT2D eigenvalue weighted by Gasteiger charge is 2.13. The van der Waals surface area contributed by atoms with Crippen molar-refractivity contribution < 1.29 is 47.3 Å². The third-order valence-electron chi connectivity index (χ3n) is 21.0. The summed E-state index contributed by atoms with van der Waals surface area (Å²) in [5.41, 5.74) is 64.4. The number of nitrogens with zero attached hydrogens (tertiary/aromatic N) is 12. The summed E-state index contributed by atoms with van der Waals surface area (Å²) >= 11 is 3.11. The molecule has 19 N–H and O–H groups in total. The molecular weight excluding hydrogens is 1930 g/mol. The van der Waals surface area contributed by atoms with Crippen LogP contribution in [0.25, 0.3) is 59.8 Å². The fraction of sp³-hybridized carbons (Fsp3) is 0.0957. The number of pyridine rings is 2. The van der Waals surface area contributed by atoms with Gasteiger partial charge in [-0.1, -0.05) is 145 Å². The molecule has 18 rings (SSSR count). The maximum absolute atomic E-state index is 12.0. The molecule has 8 aromatic carbocycles. The van der Waals surface area contributed by atoms with E-state index in [2.05, 4.69) is 56.3 Å². The Bertz CT molecular complexity index is 7030. The molecule has 10 aromatic heterocycles. The number of fused-ring (bicyclic) bond motifs is 2. The molecule has 760 valence electrons. The predicted molar refractivity (Wildman–Crippen MR) is 602 cm³/mol. The van der Waals surface area contributed by atoms with Gasteiger partial charge in [-0.15, -0.1) is 22.7 Å². The van der Waals surface area contributed by atoms with Crippen molar-refractivity contribution in [3.8, 4) is 0 Å². The lowest BCUT2D eigenvalue weighted by molar-refractivity contribution is -0.114.